The van der Waals surface area contributed by atoms with E-state index in [1.54, 1.807) is 10.9 Å². The number of nitrogens with one attached hydrogen (secondary N) is 1. The molecule has 0 aliphatic rings. The van der Waals surface area contributed by atoms with Crippen LogP contribution in [-0.2, 0) is 23.5 Å². The number of anilines is 1. The van der Waals surface area contributed by atoms with Crippen LogP contribution in [0.2, 0.25) is 5.02 Å². The van der Waals surface area contributed by atoms with Gasteiger partial charge >= 0.3 is 0 Å². The molecule has 1 aromatic heterocycles. The molecule has 8 heteroatoms. The van der Waals surface area contributed by atoms with E-state index < -0.39 is 10.0 Å². The molecule has 0 spiro atoms. The summed E-state index contributed by atoms with van der Waals surface area (Å²) in [7, 11) is -1.77. The second-order valence-electron chi connectivity index (χ2n) is 4.28. The summed E-state index contributed by atoms with van der Waals surface area (Å²) in [4.78, 5) is 0.101. The van der Waals surface area contributed by atoms with Crippen molar-refractivity contribution >= 4 is 27.3 Å². The molecule has 108 valence electrons. The lowest BCUT2D eigenvalue weighted by Crippen LogP contribution is -2.26. The SMILES string of the molecule is Cn1nccc1CCNS(=O)(=O)c1ccc(Cl)c(N)c1. The molecule has 20 heavy (non-hydrogen) atoms. The molecule has 0 bridgehead atoms. The first-order valence-electron chi connectivity index (χ1n) is 5.92. The predicted octanol–water partition coefficient (Wildman–Crippen LogP) is 1.18. The van der Waals surface area contributed by atoms with Crippen molar-refractivity contribution in [2.75, 3.05) is 12.3 Å². The number of halogens is 1. The first-order valence-corrected chi connectivity index (χ1v) is 7.78. The van der Waals surface area contributed by atoms with Crippen LogP contribution in [0.4, 0.5) is 5.69 Å². The molecule has 0 saturated heterocycles. The first-order chi connectivity index (χ1) is 9.40. The van der Waals surface area contributed by atoms with E-state index in [9.17, 15) is 8.42 Å². The molecule has 0 fully saturated rings. The fourth-order valence-corrected chi connectivity index (χ4v) is 2.92. The van der Waals surface area contributed by atoms with Crippen LogP contribution >= 0.6 is 11.6 Å². The molecule has 0 saturated carbocycles. The third kappa shape index (κ3) is 3.30. The van der Waals surface area contributed by atoms with Gasteiger partial charge in [-0.05, 0) is 24.3 Å². The van der Waals surface area contributed by atoms with Gasteiger partial charge in [-0.2, -0.15) is 5.10 Å². The van der Waals surface area contributed by atoms with E-state index in [0.29, 0.717) is 11.4 Å². The van der Waals surface area contributed by atoms with Gasteiger partial charge in [-0.25, -0.2) is 13.1 Å². The quantitative estimate of drug-likeness (QED) is 0.811. The molecular weight excluding hydrogens is 300 g/mol. The Balaban J connectivity index is 2.04. The fraction of sp³-hybridized carbons (Fsp3) is 0.250. The Hall–Kier alpha value is -1.57. The van der Waals surface area contributed by atoms with Gasteiger partial charge in [0, 0.05) is 31.9 Å². The fourth-order valence-electron chi connectivity index (χ4n) is 1.73. The minimum Gasteiger partial charge on any atom is -0.397 e. The zero-order valence-corrected chi connectivity index (χ0v) is 12.4. The highest BCUT2D eigenvalue weighted by atomic mass is 35.5. The van der Waals surface area contributed by atoms with Crippen LogP contribution in [0.25, 0.3) is 0 Å². The second kappa shape index (κ2) is 5.82. The maximum absolute atomic E-state index is 12.1. The van der Waals surface area contributed by atoms with Crippen LogP contribution in [0.15, 0.2) is 35.4 Å². The van der Waals surface area contributed by atoms with Gasteiger partial charge < -0.3 is 5.73 Å². The zero-order chi connectivity index (χ0) is 14.8. The summed E-state index contributed by atoms with van der Waals surface area (Å²) in [6.45, 7) is 0.282. The van der Waals surface area contributed by atoms with Gasteiger partial charge in [0.2, 0.25) is 10.0 Å². The monoisotopic (exact) mass is 314 g/mol. The number of aryl methyl sites for hydroxylation is 1. The smallest absolute Gasteiger partial charge is 0.240 e. The van der Waals surface area contributed by atoms with Crippen molar-refractivity contribution in [3.8, 4) is 0 Å². The molecule has 0 aliphatic carbocycles. The lowest BCUT2D eigenvalue weighted by Gasteiger charge is -2.08. The third-order valence-electron chi connectivity index (χ3n) is 2.87. The molecule has 0 aliphatic heterocycles. The number of rotatable bonds is 5. The highest BCUT2D eigenvalue weighted by Crippen LogP contribution is 2.21. The molecule has 0 unspecified atom stereocenters. The summed E-state index contributed by atoms with van der Waals surface area (Å²) in [6.07, 6.45) is 2.22. The Kier molecular flexibility index (Phi) is 4.32. The largest absolute Gasteiger partial charge is 0.397 e. The number of hydrogen-bond donors (Lipinski definition) is 2. The van der Waals surface area contributed by atoms with Crippen LogP contribution in [0, 0.1) is 0 Å². The molecule has 0 amide bonds. The number of sulfonamides is 1. The molecule has 2 rings (SSSR count). The molecule has 1 aromatic carbocycles. The molecule has 2 aromatic rings. The second-order valence-corrected chi connectivity index (χ2v) is 6.45. The third-order valence-corrected chi connectivity index (χ3v) is 4.68. The van der Waals surface area contributed by atoms with Crippen molar-refractivity contribution in [3.05, 3.63) is 41.2 Å². The van der Waals surface area contributed by atoms with Crippen molar-refractivity contribution in [2.45, 2.75) is 11.3 Å². The van der Waals surface area contributed by atoms with Crippen LogP contribution in [0.3, 0.4) is 0 Å². The molecule has 3 N–H and O–H groups in total. The van der Waals surface area contributed by atoms with E-state index in [4.69, 9.17) is 17.3 Å². The van der Waals surface area contributed by atoms with Crippen LogP contribution in [0.5, 0.6) is 0 Å². The number of nitrogens with two attached hydrogens (primary N) is 1. The standard InChI is InChI=1S/C12H15ClN4O2S/c1-17-9(4-6-15-17)5-7-16-20(18,19)10-2-3-11(13)12(14)8-10/h2-4,6,8,16H,5,7,14H2,1H3. The van der Waals surface area contributed by atoms with E-state index in [1.807, 2.05) is 13.1 Å². The summed E-state index contributed by atoms with van der Waals surface area (Å²) in [5.41, 5.74) is 6.79. The molecule has 6 nitrogen and oxygen atoms in total. The van der Waals surface area contributed by atoms with Crippen LogP contribution < -0.4 is 10.5 Å². The lowest BCUT2D eigenvalue weighted by molar-refractivity contribution is 0.580. The lowest BCUT2D eigenvalue weighted by atomic mass is 10.3. The molecular formula is C12H15ClN4O2S. The van der Waals surface area contributed by atoms with Gasteiger partial charge in [0.1, 0.15) is 0 Å². The number of nitrogen functional groups attached to an aromatic ring is 1. The Morgan fingerprint density at radius 2 is 2.15 bits per heavy atom. The van der Waals surface area contributed by atoms with E-state index in [1.165, 1.54) is 18.2 Å². The predicted molar refractivity (Wildman–Crippen MR) is 78.0 cm³/mol. The normalized spacial score (nSPS) is 11.7. The van der Waals surface area contributed by atoms with Crippen molar-refractivity contribution in [1.29, 1.82) is 0 Å². The van der Waals surface area contributed by atoms with E-state index in [2.05, 4.69) is 9.82 Å². The maximum Gasteiger partial charge on any atom is 0.240 e. The Bertz CT molecular complexity index is 712. The topological polar surface area (TPSA) is 90.0 Å². The molecule has 0 atom stereocenters. The number of nitrogens with zero attached hydrogens (tertiary/aromatic N) is 2. The van der Waals surface area contributed by atoms with Gasteiger partial charge in [-0.3, -0.25) is 4.68 Å². The highest BCUT2D eigenvalue weighted by Gasteiger charge is 2.14. The summed E-state index contributed by atoms with van der Waals surface area (Å²) < 4.78 is 28.4. The molecule has 0 radical (unpaired) electrons. The van der Waals surface area contributed by atoms with Crippen LogP contribution in [0.1, 0.15) is 5.69 Å². The summed E-state index contributed by atoms with van der Waals surface area (Å²) in [6, 6.07) is 6.07. The minimum atomic E-state index is -3.58. The number of hydrogen-bond acceptors (Lipinski definition) is 4. The van der Waals surface area contributed by atoms with Gasteiger partial charge in [0.25, 0.3) is 0 Å². The van der Waals surface area contributed by atoms with Crippen molar-refractivity contribution in [3.63, 3.8) is 0 Å². The zero-order valence-electron chi connectivity index (χ0n) is 10.9. The van der Waals surface area contributed by atoms with Crippen molar-refractivity contribution < 1.29 is 8.42 Å². The maximum atomic E-state index is 12.1. The average molecular weight is 315 g/mol. The number of benzene rings is 1. The van der Waals surface area contributed by atoms with E-state index >= 15 is 0 Å². The van der Waals surface area contributed by atoms with Gasteiger partial charge in [-0.1, -0.05) is 11.6 Å². The first kappa shape index (κ1) is 14.8. The van der Waals surface area contributed by atoms with Gasteiger partial charge in [0.15, 0.2) is 0 Å². The Morgan fingerprint density at radius 1 is 1.40 bits per heavy atom. The van der Waals surface area contributed by atoms with Gasteiger partial charge in [0.05, 0.1) is 15.6 Å². The average Bonchev–Trinajstić information content (AvgIpc) is 2.78. The van der Waals surface area contributed by atoms with Crippen LogP contribution in [-0.4, -0.2) is 24.7 Å². The van der Waals surface area contributed by atoms with E-state index in [0.717, 1.165) is 5.69 Å². The minimum absolute atomic E-state index is 0.101. The number of aromatic nitrogens is 2. The Morgan fingerprint density at radius 3 is 2.75 bits per heavy atom. The van der Waals surface area contributed by atoms with Crippen molar-refractivity contribution in [2.24, 2.45) is 7.05 Å². The molecule has 1 heterocycles. The summed E-state index contributed by atoms with van der Waals surface area (Å²) in [5.74, 6) is 0. The Labute approximate surface area is 122 Å². The van der Waals surface area contributed by atoms with Crippen molar-refractivity contribution in [1.82, 2.24) is 14.5 Å². The van der Waals surface area contributed by atoms with Gasteiger partial charge in [-0.15, -0.1) is 0 Å². The summed E-state index contributed by atoms with van der Waals surface area (Å²) in [5, 5.41) is 4.35. The van der Waals surface area contributed by atoms with E-state index in [-0.39, 0.29) is 17.1 Å². The highest BCUT2D eigenvalue weighted by molar-refractivity contribution is 7.89. The summed E-state index contributed by atoms with van der Waals surface area (Å²) >= 11 is 5.77.